The second-order valence-corrected chi connectivity index (χ2v) is 9.95. The third kappa shape index (κ3) is 5.55. The molecule has 2 aliphatic heterocycles. The van der Waals surface area contributed by atoms with Crippen LogP contribution < -0.4 is 10.1 Å². The number of aliphatic imine (C=N–C) groups is 2. The number of thioether (sulfide) groups is 1. The number of methoxy groups -OCH3 is 1. The Morgan fingerprint density at radius 2 is 1.84 bits per heavy atom. The fraction of sp³-hybridized carbons (Fsp3) is 0.214. The van der Waals surface area contributed by atoms with Gasteiger partial charge in [-0.15, -0.1) is 0 Å². The minimum atomic E-state index is -0.640. The van der Waals surface area contributed by atoms with Crippen molar-refractivity contribution in [1.82, 2.24) is 10.2 Å². The molecule has 0 radical (unpaired) electrons. The number of benzene rings is 3. The fourth-order valence-electron chi connectivity index (χ4n) is 4.14. The zero-order valence-electron chi connectivity index (χ0n) is 20.2. The molecule has 1 atom stereocenters. The van der Waals surface area contributed by atoms with Gasteiger partial charge < -0.3 is 10.1 Å². The molecule has 0 bridgehead atoms. The highest BCUT2D eigenvalue weighted by Crippen LogP contribution is 2.35. The van der Waals surface area contributed by atoms with Gasteiger partial charge in [-0.05, 0) is 47.9 Å². The number of halogens is 1. The summed E-state index contributed by atoms with van der Waals surface area (Å²) >= 11 is 7.78. The molecule has 3 aromatic carbocycles. The first-order chi connectivity index (χ1) is 18.0. The van der Waals surface area contributed by atoms with Gasteiger partial charge in [-0.3, -0.25) is 14.6 Å². The number of hydrogen-bond donors (Lipinski definition) is 1. The minimum Gasteiger partial charge on any atom is -0.497 e. The Bertz CT molecular complexity index is 1390. The van der Waals surface area contributed by atoms with Gasteiger partial charge in [0, 0.05) is 29.3 Å². The second kappa shape index (κ2) is 11.2. The second-order valence-electron chi connectivity index (χ2n) is 8.60. The van der Waals surface area contributed by atoms with Gasteiger partial charge in [-0.2, -0.15) is 0 Å². The van der Waals surface area contributed by atoms with Gasteiger partial charge in [0.1, 0.15) is 17.6 Å². The number of amides is 2. The van der Waals surface area contributed by atoms with Crippen LogP contribution in [-0.4, -0.2) is 40.9 Å². The number of rotatable bonds is 8. The molecule has 5 rings (SSSR count). The molecular weight excluding hydrogens is 508 g/mol. The molecule has 0 saturated heterocycles. The molecule has 188 valence electrons. The van der Waals surface area contributed by atoms with E-state index >= 15 is 0 Å². The lowest BCUT2D eigenvalue weighted by Gasteiger charge is -2.25. The molecule has 2 heterocycles. The van der Waals surface area contributed by atoms with E-state index in [1.807, 2.05) is 72.8 Å². The van der Waals surface area contributed by atoms with Crippen molar-refractivity contribution in [3.8, 4) is 5.75 Å². The van der Waals surface area contributed by atoms with Crippen molar-refractivity contribution >= 4 is 51.9 Å². The summed E-state index contributed by atoms with van der Waals surface area (Å²) in [5, 5.41) is 4.15. The van der Waals surface area contributed by atoms with E-state index in [4.69, 9.17) is 26.3 Å². The quantitative estimate of drug-likeness (QED) is 0.424. The van der Waals surface area contributed by atoms with Crippen molar-refractivity contribution in [3.05, 3.63) is 94.5 Å². The van der Waals surface area contributed by atoms with E-state index in [0.29, 0.717) is 34.7 Å². The number of nitrogens with one attached hydrogen (secondary N) is 1. The van der Waals surface area contributed by atoms with Crippen LogP contribution in [0.4, 0.5) is 5.69 Å². The summed E-state index contributed by atoms with van der Waals surface area (Å²) in [4.78, 5) is 37.1. The molecule has 0 aliphatic carbocycles. The Morgan fingerprint density at radius 3 is 2.62 bits per heavy atom. The highest BCUT2D eigenvalue weighted by Gasteiger charge is 2.41. The molecule has 0 unspecified atom stereocenters. The van der Waals surface area contributed by atoms with Crippen LogP contribution in [0.2, 0.25) is 5.02 Å². The van der Waals surface area contributed by atoms with Gasteiger partial charge in [-0.1, -0.05) is 65.8 Å². The lowest BCUT2D eigenvalue weighted by molar-refractivity contribution is -0.125. The van der Waals surface area contributed by atoms with Gasteiger partial charge in [0.05, 0.1) is 12.8 Å². The number of carbonyl (C=O) groups is 2. The lowest BCUT2D eigenvalue weighted by atomic mass is 10.1. The zero-order valence-corrected chi connectivity index (χ0v) is 21.8. The molecule has 2 amide bonds. The van der Waals surface area contributed by atoms with Crippen molar-refractivity contribution in [1.29, 1.82) is 0 Å². The molecule has 3 aromatic rings. The Labute approximate surface area is 224 Å². The first-order valence-electron chi connectivity index (χ1n) is 11.9. The SMILES string of the molecule is COc1ccc(CNC(=O)CC[C@H]2N=C3c4ccccc4N=C(SCc4ccccc4Cl)N3C2=O)cc1. The summed E-state index contributed by atoms with van der Waals surface area (Å²) in [7, 11) is 1.61. The van der Waals surface area contributed by atoms with Crippen LogP contribution >= 0.6 is 23.4 Å². The van der Waals surface area contributed by atoms with E-state index in [1.165, 1.54) is 11.8 Å². The van der Waals surface area contributed by atoms with Gasteiger partial charge in [-0.25, -0.2) is 9.89 Å². The summed E-state index contributed by atoms with van der Waals surface area (Å²) in [5.41, 5.74) is 3.51. The van der Waals surface area contributed by atoms with Crippen molar-refractivity contribution in [2.45, 2.75) is 31.2 Å². The van der Waals surface area contributed by atoms with Crippen molar-refractivity contribution in [2.75, 3.05) is 7.11 Å². The monoisotopic (exact) mass is 532 g/mol. The van der Waals surface area contributed by atoms with Crippen molar-refractivity contribution in [3.63, 3.8) is 0 Å². The molecule has 0 saturated carbocycles. The Kier molecular flexibility index (Phi) is 7.58. The highest BCUT2D eigenvalue weighted by molar-refractivity contribution is 8.13. The number of para-hydroxylation sites is 1. The maximum atomic E-state index is 13.4. The number of carbonyl (C=O) groups excluding carboxylic acids is 2. The number of amidine groups is 2. The summed E-state index contributed by atoms with van der Waals surface area (Å²) in [5.74, 6) is 1.62. The van der Waals surface area contributed by atoms with E-state index in [1.54, 1.807) is 12.0 Å². The molecule has 0 aromatic heterocycles. The van der Waals surface area contributed by atoms with Crippen LogP contribution in [0.1, 0.15) is 29.5 Å². The normalized spacial score (nSPS) is 16.0. The number of fused-ring (bicyclic) bond motifs is 3. The van der Waals surface area contributed by atoms with Crippen molar-refractivity contribution in [2.24, 2.45) is 9.98 Å². The van der Waals surface area contributed by atoms with Crippen LogP contribution in [-0.2, 0) is 21.9 Å². The van der Waals surface area contributed by atoms with Gasteiger partial charge in [0.15, 0.2) is 5.17 Å². The first kappa shape index (κ1) is 25.0. The number of ether oxygens (including phenoxy) is 1. The van der Waals surface area contributed by atoms with E-state index < -0.39 is 6.04 Å². The molecular formula is C28H25ClN4O3S. The molecule has 37 heavy (non-hydrogen) atoms. The zero-order chi connectivity index (χ0) is 25.8. The summed E-state index contributed by atoms with van der Waals surface area (Å²) in [6, 6.07) is 22.1. The molecule has 9 heteroatoms. The third-order valence-corrected chi connectivity index (χ3v) is 7.51. The summed E-state index contributed by atoms with van der Waals surface area (Å²) in [6.07, 6.45) is 0.510. The maximum Gasteiger partial charge on any atom is 0.259 e. The minimum absolute atomic E-state index is 0.129. The molecule has 0 spiro atoms. The van der Waals surface area contributed by atoms with Crippen LogP contribution in [0.15, 0.2) is 82.8 Å². The molecule has 0 fully saturated rings. The molecule has 1 N–H and O–H groups in total. The molecule has 2 aliphatic rings. The fourth-order valence-corrected chi connectivity index (χ4v) is 5.43. The van der Waals surface area contributed by atoms with E-state index in [9.17, 15) is 9.59 Å². The topological polar surface area (TPSA) is 83.4 Å². The Hall–Kier alpha value is -3.62. The molecule has 7 nitrogen and oxygen atoms in total. The van der Waals surface area contributed by atoms with Gasteiger partial charge >= 0.3 is 0 Å². The lowest BCUT2D eigenvalue weighted by Crippen LogP contribution is -2.41. The van der Waals surface area contributed by atoms with E-state index in [-0.39, 0.29) is 18.2 Å². The van der Waals surface area contributed by atoms with Gasteiger partial charge in [0.25, 0.3) is 5.91 Å². The predicted octanol–water partition coefficient (Wildman–Crippen LogP) is 5.34. The average Bonchev–Trinajstić information content (AvgIpc) is 3.27. The van der Waals surface area contributed by atoms with Gasteiger partial charge in [0.2, 0.25) is 5.91 Å². The maximum absolute atomic E-state index is 13.4. The van der Waals surface area contributed by atoms with Crippen LogP contribution in [0, 0.1) is 0 Å². The predicted molar refractivity (Wildman–Crippen MR) is 148 cm³/mol. The summed E-state index contributed by atoms with van der Waals surface area (Å²) < 4.78 is 5.16. The highest BCUT2D eigenvalue weighted by atomic mass is 35.5. The average molecular weight is 533 g/mol. The van der Waals surface area contributed by atoms with E-state index in [2.05, 4.69) is 5.32 Å². The number of nitrogens with zero attached hydrogens (tertiary/aromatic N) is 3. The summed E-state index contributed by atoms with van der Waals surface area (Å²) in [6.45, 7) is 0.408. The van der Waals surface area contributed by atoms with Crippen molar-refractivity contribution < 1.29 is 14.3 Å². The van der Waals surface area contributed by atoms with Crippen LogP contribution in [0.25, 0.3) is 0 Å². The largest absolute Gasteiger partial charge is 0.497 e. The number of hydrogen-bond acceptors (Lipinski definition) is 6. The first-order valence-corrected chi connectivity index (χ1v) is 13.3. The third-order valence-electron chi connectivity index (χ3n) is 6.16. The Morgan fingerprint density at radius 1 is 1.08 bits per heavy atom. The standard InChI is InChI=1S/C28H25ClN4O3S/c1-36-20-12-10-18(11-13-20)16-30-25(34)15-14-24-27(35)33-26(31-24)21-7-3-5-9-23(21)32-28(33)37-17-19-6-2-4-8-22(19)29/h2-13,24H,14-17H2,1H3,(H,30,34)/t24-/m1/s1. The Balaban J connectivity index is 1.26. The smallest absolute Gasteiger partial charge is 0.259 e. The van der Waals surface area contributed by atoms with E-state index in [0.717, 1.165) is 28.1 Å². The van der Waals surface area contributed by atoms with Crippen LogP contribution in [0.5, 0.6) is 5.75 Å². The van der Waals surface area contributed by atoms with Crippen LogP contribution in [0.3, 0.4) is 0 Å².